The van der Waals surface area contributed by atoms with Gasteiger partial charge in [0.25, 0.3) is 0 Å². The lowest BCUT2D eigenvalue weighted by Crippen LogP contribution is -2.47. The molecule has 112 valence electrons. The van der Waals surface area contributed by atoms with Crippen LogP contribution in [0.2, 0.25) is 0 Å². The van der Waals surface area contributed by atoms with Gasteiger partial charge in [0.2, 0.25) is 5.89 Å². The van der Waals surface area contributed by atoms with Gasteiger partial charge in [-0.05, 0) is 27.8 Å². The summed E-state index contributed by atoms with van der Waals surface area (Å²) < 4.78 is 5.35. The van der Waals surface area contributed by atoms with Crippen LogP contribution in [0.4, 0.5) is 5.82 Å². The molecule has 1 fully saturated rings. The minimum atomic E-state index is 0.0849. The van der Waals surface area contributed by atoms with E-state index in [1.54, 1.807) is 6.20 Å². The molecule has 1 aliphatic heterocycles. The van der Waals surface area contributed by atoms with Gasteiger partial charge in [-0.25, -0.2) is 4.98 Å². The Labute approximate surface area is 124 Å². The van der Waals surface area contributed by atoms with Crippen LogP contribution in [0.15, 0.2) is 10.7 Å². The number of hydrogen-bond acceptors (Lipinski definition) is 7. The Bertz CT molecular complexity index is 640. The lowest BCUT2D eigenvalue weighted by atomic mass is 10.1. The first-order chi connectivity index (χ1) is 10.0. The minimum absolute atomic E-state index is 0.0849. The molecular weight excluding hydrogens is 268 g/mol. The third-order valence-corrected chi connectivity index (χ3v) is 3.83. The molecule has 0 radical (unpaired) electrons. The fraction of sp³-hybridized carbons (Fsp3) is 0.571. The van der Waals surface area contributed by atoms with Gasteiger partial charge in [0, 0.05) is 25.8 Å². The second kappa shape index (κ2) is 5.40. The molecule has 0 bridgehead atoms. The largest absolute Gasteiger partial charge is 0.352 e. The van der Waals surface area contributed by atoms with Crippen LogP contribution in [0.1, 0.15) is 29.1 Å². The number of piperazine rings is 1. The summed E-state index contributed by atoms with van der Waals surface area (Å²) in [4.78, 5) is 17.9. The third-order valence-electron chi connectivity index (χ3n) is 3.83. The summed E-state index contributed by atoms with van der Waals surface area (Å²) in [5.41, 5.74) is 1.88. The lowest BCUT2D eigenvalue weighted by molar-refractivity contribution is 0.177. The van der Waals surface area contributed by atoms with Crippen LogP contribution in [-0.2, 0) is 0 Å². The number of aryl methyl sites for hydroxylation is 3. The van der Waals surface area contributed by atoms with E-state index >= 15 is 0 Å². The van der Waals surface area contributed by atoms with Gasteiger partial charge >= 0.3 is 0 Å². The van der Waals surface area contributed by atoms with Crippen molar-refractivity contribution in [1.29, 1.82) is 0 Å². The van der Waals surface area contributed by atoms with E-state index in [4.69, 9.17) is 4.52 Å². The van der Waals surface area contributed by atoms with Gasteiger partial charge in [-0.1, -0.05) is 5.16 Å². The predicted octanol–water partition coefficient (Wildman–Crippen LogP) is 1.28. The Morgan fingerprint density at radius 2 is 2.00 bits per heavy atom. The van der Waals surface area contributed by atoms with Gasteiger partial charge in [0.05, 0.1) is 11.4 Å². The maximum Gasteiger partial charge on any atom is 0.245 e. The van der Waals surface area contributed by atoms with Gasteiger partial charge in [-0.15, -0.1) is 0 Å². The van der Waals surface area contributed by atoms with Gasteiger partial charge in [0.15, 0.2) is 5.82 Å². The molecule has 0 saturated carbocycles. The number of likely N-dealkylation sites (N-methyl/N-ethyl adjacent to an activating group) is 1. The van der Waals surface area contributed by atoms with Crippen molar-refractivity contribution in [2.75, 3.05) is 31.6 Å². The topological polar surface area (TPSA) is 71.2 Å². The van der Waals surface area contributed by atoms with Crippen LogP contribution in [0.5, 0.6) is 0 Å². The Hall–Kier alpha value is -2.02. The fourth-order valence-electron chi connectivity index (χ4n) is 2.61. The molecule has 0 spiro atoms. The summed E-state index contributed by atoms with van der Waals surface area (Å²) in [5, 5.41) is 3.90. The molecule has 0 aromatic carbocycles. The second-order valence-corrected chi connectivity index (χ2v) is 5.54. The Morgan fingerprint density at radius 3 is 2.71 bits per heavy atom. The molecule has 3 rings (SSSR count). The van der Waals surface area contributed by atoms with Crippen molar-refractivity contribution in [3.8, 4) is 0 Å². The van der Waals surface area contributed by atoms with Crippen LogP contribution in [-0.4, -0.2) is 51.7 Å². The Balaban J connectivity index is 1.87. The van der Waals surface area contributed by atoms with E-state index < -0.39 is 0 Å². The van der Waals surface area contributed by atoms with Crippen LogP contribution in [0.25, 0.3) is 0 Å². The zero-order valence-electron chi connectivity index (χ0n) is 12.9. The summed E-state index contributed by atoms with van der Waals surface area (Å²) in [6, 6.07) is 0.0849. The summed E-state index contributed by atoms with van der Waals surface area (Å²) in [6.45, 7) is 8.40. The zero-order valence-corrected chi connectivity index (χ0v) is 12.9. The van der Waals surface area contributed by atoms with Crippen LogP contribution >= 0.6 is 0 Å². The minimum Gasteiger partial charge on any atom is -0.352 e. The number of anilines is 1. The molecule has 1 atom stereocenters. The van der Waals surface area contributed by atoms with Gasteiger partial charge in [-0.3, -0.25) is 9.88 Å². The molecule has 7 nitrogen and oxygen atoms in total. The van der Waals surface area contributed by atoms with Crippen molar-refractivity contribution in [3.05, 3.63) is 29.3 Å². The smallest absolute Gasteiger partial charge is 0.245 e. The highest BCUT2D eigenvalue weighted by atomic mass is 16.5. The molecule has 7 heteroatoms. The number of nitrogens with zero attached hydrogens (tertiary/aromatic N) is 6. The predicted molar refractivity (Wildman–Crippen MR) is 78.1 cm³/mol. The van der Waals surface area contributed by atoms with Gasteiger partial charge in [-0.2, -0.15) is 4.98 Å². The highest BCUT2D eigenvalue weighted by Gasteiger charge is 2.31. The summed E-state index contributed by atoms with van der Waals surface area (Å²) in [5.74, 6) is 2.28. The van der Waals surface area contributed by atoms with Crippen molar-refractivity contribution < 1.29 is 4.52 Å². The highest BCUT2D eigenvalue weighted by molar-refractivity contribution is 5.44. The molecule has 0 aliphatic carbocycles. The third kappa shape index (κ3) is 2.73. The number of aromatic nitrogens is 4. The van der Waals surface area contributed by atoms with E-state index in [9.17, 15) is 0 Å². The maximum atomic E-state index is 5.35. The van der Waals surface area contributed by atoms with E-state index in [0.717, 1.165) is 36.8 Å². The summed E-state index contributed by atoms with van der Waals surface area (Å²) in [7, 11) is 2.08. The van der Waals surface area contributed by atoms with Crippen LogP contribution < -0.4 is 4.90 Å². The van der Waals surface area contributed by atoms with E-state index in [1.807, 2.05) is 20.8 Å². The number of rotatable bonds is 2. The number of hydrogen-bond donors (Lipinski definition) is 0. The zero-order chi connectivity index (χ0) is 15.0. The average Bonchev–Trinajstić information content (AvgIpc) is 2.89. The standard InChI is InChI=1S/C14H20N6O/c1-9-7-15-10(2)13(16-9)20-6-5-19(4)12(8-20)14-17-11(3)18-21-14/h7,12H,5-6,8H2,1-4H3. The van der Waals surface area contributed by atoms with E-state index in [1.165, 1.54) is 0 Å². The molecule has 1 unspecified atom stereocenters. The molecular formula is C14H20N6O. The van der Waals surface area contributed by atoms with Crippen molar-refractivity contribution in [1.82, 2.24) is 25.0 Å². The molecule has 2 aromatic heterocycles. The van der Waals surface area contributed by atoms with Crippen molar-refractivity contribution >= 4 is 5.82 Å². The second-order valence-electron chi connectivity index (χ2n) is 5.54. The molecule has 21 heavy (non-hydrogen) atoms. The Kier molecular flexibility index (Phi) is 3.59. The molecule has 3 heterocycles. The SMILES string of the molecule is Cc1cnc(C)c(N2CCN(C)C(c3nc(C)no3)C2)n1. The summed E-state index contributed by atoms with van der Waals surface area (Å²) >= 11 is 0. The highest BCUT2D eigenvalue weighted by Crippen LogP contribution is 2.26. The van der Waals surface area contributed by atoms with Crippen LogP contribution in [0, 0.1) is 20.8 Å². The van der Waals surface area contributed by atoms with Crippen LogP contribution in [0.3, 0.4) is 0 Å². The molecule has 0 amide bonds. The van der Waals surface area contributed by atoms with E-state index in [-0.39, 0.29) is 6.04 Å². The van der Waals surface area contributed by atoms with Crippen molar-refractivity contribution in [3.63, 3.8) is 0 Å². The fourth-order valence-corrected chi connectivity index (χ4v) is 2.61. The molecule has 1 saturated heterocycles. The Morgan fingerprint density at radius 1 is 1.19 bits per heavy atom. The average molecular weight is 288 g/mol. The molecule has 0 N–H and O–H groups in total. The first-order valence-electron chi connectivity index (χ1n) is 7.10. The first-order valence-corrected chi connectivity index (χ1v) is 7.10. The summed E-state index contributed by atoms with van der Waals surface area (Å²) in [6.07, 6.45) is 1.80. The normalized spacial score (nSPS) is 20.0. The van der Waals surface area contributed by atoms with Gasteiger partial charge < -0.3 is 9.42 Å². The quantitative estimate of drug-likeness (QED) is 0.824. The van der Waals surface area contributed by atoms with Crippen molar-refractivity contribution in [2.24, 2.45) is 0 Å². The lowest BCUT2D eigenvalue weighted by Gasteiger charge is -2.38. The van der Waals surface area contributed by atoms with E-state index in [0.29, 0.717) is 11.7 Å². The van der Waals surface area contributed by atoms with Crippen molar-refractivity contribution in [2.45, 2.75) is 26.8 Å². The first kappa shape index (κ1) is 13.9. The maximum absolute atomic E-state index is 5.35. The van der Waals surface area contributed by atoms with Gasteiger partial charge in [0.1, 0.15) is 11.9 Å². The molecule has 2 aromatic rings. The monoisotopic (exact) mass is 288 g/mol. The van der Waals surface area contributed by atoms with E-state index in [2.05, 4.69) is 37.0 Å². The molecule has 1 aliphatic rings.